The molecule has 0 aliphatic carbocycles. The fourth-order valence-corrected chi connectivity index (χ4v) is 3.55. The van der Waals surface area contributed by atoms with Gasteiger partial charge < -0.3 is 10.1 Å². The molecule has 0 unspecified atom stereocenters. The predicted molar refractivity (Wildman–Crippen MR) is 106 cm³/mol. The van der Waals surface area contributed by atoms with Crippen LogP contribution in [0.1, 0.15) is 35.7 Å². The molecule has 2 heterocycles. The summed E-state index contributed by atoms with van der Waals surface area (Å²) in [6.07, 6.45) is -0.281. The number of esters is 1. The van der Waals surface area contributed by atoms with E-state index >= 15 is 0 Å². The lowest BCUT2D eigenvalue weighted by Crippen LogP contribution is -2.34. The first-order valence-electron chi connectivity index (χ1n) is 9.30. The van der Waals surface area contributed by atoms with Gasteiger partial charge in [-0.2, -0.15) is 0 Å². The number of amides is 2. The Hall–Kier alpha value is -3.74. The Morgan fingerprint density at radius 2 is 1.66 bits per heavy atom. The molecule has 2 amide bonds. The summed E-state index contributed by atoms with van der Waals surface area (Å²) in [4.78, 5) is 51.4. The highest BCUT2D eigenvalue weighted by atomic mass is 16.5. The number of para-hydroxylation sites is 2. The third-order valence-electron chi connectivity index (χ3n) is 4.84. The number of fused-ring (bicyclic) bond motifs is 2. The summed E-state index contributed by atoms with van der Waals surface area (Å²) in [5.41, 5.74) is 2.32. The van der Waals surface area contributed by atoms with Crippen molar-refractivity contribution in [1.82, 2.24) is 0 Å². The Labute approximate surface area is 167 Å². The smallest absolute Gasteiger partial charge is 0.306 e. The minimum absolute atomic E-state index is 0.118. The van der Waals surface area contributed by atoms with Crippen molar-refractivity contribution in [3.05, 3.63) is 65.4 Å². The van der Waals surface area contributed by atoms with Gasteiger partial charge in [0.05, 0.1) is 24.3 Å². The summed E-state index contributed by atoms with van der Waals surface area (Å²) in [5.74, 6) is -1.89. The van der Waals surface area contributed by atoms with Gasteiger partial charge >= 0.3 is 5.97 Å². The fraction of sp³-hybridized carbons (Fsp3) is 0.182. The average molecular weight is 390 g/mol. The van der Waals surface area contributed by atoms with Gasteiger partial charge in [-0.05, 0) is 25.1 Å². The first-order chi connectivity index (χ1) is 14.0. The molecule has 4 rings (SSSR count). The normalized spacial score (nSPS) is 17.1. The van der Waals surface area contributed by atoms with Gasteiger partial charge in [-0.3, -0.25) is 19.2 Å². The van der Waals surface area contributed by atoms with Gasteiger partial charge in [-0.1, -0.05) is 30.3 Å². The van der Waals surface area contributed by atoms with Gasteiger partial charge in [0.25, 0.3) is 5.91 Å². The fourth-order valence-electron chi connectivity index (χ4n) is 3.55. The molecule has 0 aromatic heterocycles. The Morgan fingerprint density at radius 1 is 0.966 bits per heavy atom. The molecule has 7 nitrogen and oxygen atoms in total. The van der Waals surface area contributed by atoms with Crippen LogP contribution in [0.4, 0.5) is 11.4 Å². The predicted octanol–water partition coefficient (Wildman–Crippen LogP) is 2.92. The number of nitrogens with one attached hydrogen (secondary N) is 1. The van der Waals surface area contributed by atoms with Crippen LogP contribution in [-0.4, -0.2) is 30.2 Å². The molecule has 29 heavy (non-hydrogen) atoms. The Kier molecular flexibility index (Phi) is 4.72. The van der Waals surface area contributed by atoms with Crippen LogP contribution in [0.3, 0.4) is 0 Å². The van der Waals surface area contributed by atoms with E-state index in [1.165, 1.54) is 0 Å². The van der Waals surface area contributed by atoms with E-state index in [4.69, 9.17) is 4.74 Å². The average Bonchev–Trinajstić information content (AvgIpc) is 3.20. The molecule has 7 heteroatoms. The highest BCUT2D eigenvalue weighted by Gasteiger charge is 2.41. The van der Waals surface area contributed by atoms with Crippen molar-refractivity contribution in [2.24, 2.45) is 0 Å². The number of ketones is 1. The lowest BCUT2D eigenvalue weighted by Gasteiger charge is -2.15. The third-order valence-corrected chi connectivity index (χ3v) is 4.84. The molecule has 0 bridgehead atoms. The number of allylic oxidation sites excluding steroid dienone is 1. The van der Waals surface area contributed by atoms with E-state index in [0.717, 1.165) is 4.90 Å². The number of ether oxygens (including phenoxy) is 1. The van der Waals surface area contributed by atoms with Crippen molar-refractivity contribution in [2.45, 2.75) is 19.8 Å². The summed E-state index contributed by atoms with van der Waals surface area (Å²) in [6, 6.07) is 13.8. The maximum atomic E-state index is 13.2. The number of nitrogens with zero attached hydrogens (tertiary/aromatic N) is 1. The van der Waals surface area contributed by atoms with Gasteiger partial charge in [0.15, 0.2) is 0 Å². The van der Waals surface area contributed by atoms with Crippen molar-refractivity contribution in [3.8, 4) is 0 Å². The van der Waals surface area contributed by atoms with Crippen LogP contribution in [0.15, 0.2) is 54.2 Å². The van der Waals surface area contributed by atoms with Crippen LogP contribution >= 0.6 is 0 Å². The molecule has 2 aromatic rings. The monoisotopic (exact) mass is 390 g/mol. The summed E-state index contributed by atoms with van der Waals surface area (Å²) in [7, 11) is 0. The van der Waals surface area contributed by atoms with Crippen LogP contribution in [-0.2, 0) is 19.1 Å². The van der Waals surface area contributed by atoms with Crippen LogP contribution in [0, 0.1) is 0 Å². The van der Waals surface area contributed by atoms with Crippen LogP contribution in [0.5, 0.6) is 0 Å². The van der Waals surface area contributed by atoms with Crippen LogP contribution in [0.2, 0.25) is 0 Å². The largest absolute Gasteiger partial charge is 0.466 e. The van der Waals surface area contributed by atoms with E-state index < -0.39 is 17.8 Å². The molecule has 0 atom stereocenters. The zero-order valence-corrected chi connectivity index (χ0v) is 15.7. The Bertz CT molecular complexity index is 1090. The molecule has 146 valence electrons. The molecule has 2 aliphatic rings. The first kappa shape index (κ1) is 18.6. The number of benzene rings is 2. The quantitative estimate of drug-likeness (QED) is 0.637. The highest BCUT2D eigenvalue weighted by Crippen LogP contribution is 2.41. The van der Waals surface area contributed by atoms with Crippen molar-refractivity contribution in [2.75, 3.05) is 16.8 Å². The van der Waals surface area contributed by atoms with Crippen molar-refractivity contribution in [1.29, 1.82) is 0 Å². The van der Waals surface area contributed by atoms with E-state index in [0.29, 0.717) is 22.5 Å². The molecular weight excluding hydrogens is 372 g/mol. The van der Waals surface area contributed by atoms with Gasteiger partial charge in [0, 0.05) is 23.2 Å². The van der Waals surface area contributed by atoms with Gasteiger partial charge in [-0.15, -0.1) is 0 Å². The van der Waals surface area contributed by atoms with Crippen molar-refractivity contribution >= 4 is 40.5 Å². The SMILES string of the molecule is CCOC(=O)CCC(=O)N1C(=O)/C(=C2\Nc3ccccc3C2=O)c2ccccc21. The minimum Gasteiger partial charge on any atom is -0.466 e. The van der Waals surface area contributed by atoms with E-state index in [1.807, 2.05) is 0 Å². The number of carbonyl (C=O) groups is 4. The topological polar surface area (TPSA) is 92.8 Å². The van der Waals surface area contributed by atoms with E-state index in [1.54, 1.807) is 55.5 Å². The molecule has 0 saturated heterocycles. The number of Topliss-reactive ketones (excluding diaryl/α,β-unsaturated/α-hetero) is 1. The van der Waals surface area contributed by atoms with Gasteiger partial charge in [0.2, 0.25) is 11.7 Å². The highest BCUT2D eigenvalue weighted by molar-refractivity contribution is 6.44. The number of rotatable bonds is 4. The molecule has 2 aromatic carbocycles. The summed E-state index contributed by atoms with van der Waals surface area (Å²) in [6.45, 7) is 1.91. The second-order valence-corrected chi connectivity index (χ2v) is 6.61. The van der Waals surface area contributed by atoms with E-state index in [9.17, 15) is 19.2 Å². The molecular formula is C22H18N2O5. The first-order valence-corrected chi connectivity index (χ1v) is 9.30. The lowest BCUT2D eigenvalue weighted by atomic mass is 10.0. The molecule has 0 saturated carbocycles. The summed E-state index contributed by atoms with van der Waals surface area (Å²) in [5, 5.41) is 3.02. The Morgan fingerprint density at radius 3 is 2.38 bits per heavy atom. The minimum atomic E-state index is -0.580. The maximum Gasteiger partial charge on any atom is 0.306 e. The number of imide groups is 1. The lowest BCUT2D eigenvalue weighted by molar-refractivity contribution is -0.144. The summed E-state index contributed by atoms with van der Waals surface area (Å²) < 4.78 is 4.84. The van der Waals surface area contributed by atoms with Crippen LogP contribution < -0.4 is 10.2 Å². The number of hydrogen-bond acceptors (Lipinski definition) is 6. The zero-order chi connectivity index (χ0) is 20.5. The molecule has 2 aliphatic heterocycles. The number of carbonyl (C=O) groups excluding carboxylic acids is 4. The third kappa shape index (κ3) is 3.10. The Balaban J connectivity index is 1.70. The van der Waals surface area contributed by atoms with Crippen molar-refractivity contribution < 1.29 is 23.9 Å². The molecule has 0 spiro atoms. The molecule has 0 fully saturated rings. The van der Waals surface area contributed by atoms with E-state index in [-0.39, 0.29) is 36.5 Å². The number of anilines is 2. The van der Waals surface area contributed by atoms with Gasteiger partial charge in [-0.25, -0.2) is 4.90 Å². The van der Waals surface area contributed by atoms with E-state index in [2.05, 4.69) is 5.32 Å². The second kappa shape index (κ2) is 7.35. The number of hydrogen-bond donors (Lipinski definition) is 1. The van der Waals surface area contributed by atoms with Crippen LogP contribution in [0.25, 0.3) is 5.57 Å². The van der Waals surface area contributed by atoms with Gasteiger partial charge in [0.1, 0.15) is 5.70 Å². The maximum absolute atomic E-state index is 13.2. The summed E-state index contributed by atoms with van der Waals surface area (Å²) >= 11 is 0. The molecule has 1 N–H and O–H groups in total. The standard InChI is InChI=1S/C22H18N2O5/c1-2-29-18(26)12-11-17(25)24-16-10-6-4-8-14(16)19(22(24)28)20-21(27)13-7-3-5-9-15(13)23-20/h3-10,23H,2,11-12H2,1H3/b20-19-. The second-order valence-electron chi connectivity index (χ2n) is 6.61. The zero-order valence-electron chi connectivity index (χ0n) is 15.7. The van der Waals surface area contributed by atoms with Crippen molar-refractivity contribution in [3.63, 3.8) is 0 Å². The molecule has 0 radical (unpaired) electrons.